The zero-order valence-corrected chi connectivity index (χ0v) is 6.35. The second kappa shape index (κ2) is 4.62. The second-order valence-electron chi connectivity index (χ2n) is 1.78. The predicted molar refractivity (Wildman–Crippen MR) is 46.9 cm³/mol. The number of hydrogen-bond acceptors (Lipinski definition) is 0. The fraction of sp³-hybridized carbons (Fsp3) is 0.111. The molecule has 0 aliphatic heterocycles. The maximum atomic E-state index is 3.63. The molecular weight excluding hydrogens is 122 g/mol. The molecule has 0 fully saturated rings. The van der Waals surface area contributed by atoms with E-state index in [0.29, 0.717) is 0 Å². The highest BCUT2D eigenvalue weighted by molar-refractivity contribution is 5.46. The summed E-state index contributed by atoms with van der Waals surface area (Å²) in [4.78, 5) is 3.04. The van der Waals surface area contributed by atoms with Crippen LogP contribution in [0.5, 0.6) is 0 Å². The number of nitrogens with one attached hydrogen (secondary N) is 1. The molecule has 0 radical (unpaired) electrons. The monoisotopic (exact) mass is 135 g/mol. The Hall–Kier alpha value is -1.24. The van der Waals surface area contributed by atoms with E-state index in [1.165, 1.54) is 5.56 Å². The molecule has 1 heterocycles. The Bertz CT molecular complexity index is 198. The van der Waals surface area contributed by atoms with Gasteiger partial charge in [0.2, 0.25) is 0 Å². The van der Waals surface area contributed by atoms with E-state index in [-0.39, 0.29) is 0 Å². The fourth-order valence-corrected chi connectivity index (χ4v) is 0.680. The molecule has 1 aromatic rings. The van der Waals surface area contributed by atoms with Gasteiger partial charge in [-0.15, -0.1) is 13.2 Å². The van der Waals surface area contributed by atoms with Crippen molar-refractivity contribution in [2.75, 3.05) is 0 Å². The summed E-state index contributed by atoms with van der Waals surface area (Å²) in [5, 5.41) is 0. The van der Waals surface area contributed by atoms with Crippen molar-refractivity contribution in [3.63, 3.8) is 0 Å². The first-order valence-corrected chi connectivity index (χ1v) is 3.11. The Balaban J connectivity index is 0.000000371. The topological polar surface area (TPSA) is 15.8 Å². The molecule has 1 rings (SSSR count). The Morgan fingerprint density at radius 3 is 2.30 bits per heavy atom. The van der Waals surface area contributed by atoms with Crippen LogP contribution in [0.4, 0.5) is 0 Å². The van der Waals surface area contributed by atoms with Crippen molar-refractivity contribution in [3.8, 4) is 0 Å². The van der Waals surface area contributed by atoms with Crippen LogP contribution in [0.25, 0.3) is 6.08 Å². The van der Waals surface area contributed by atoms with Gasteiger partial charge in [-0.2, -0.15) is 0 Å². The summed E-state index contributed by atoms with van der Waals surface area (Å²) in [5.74, 6) is 0. The lowest BCUT2D eigenvalue weighted by atomic mass is 10.3. The molecule has 0 unspecified atom stereocenters. The van der Waals surface area contributed by atoms with Crippen LogP contribution in [0.15, 0.2) is 32.0 Å². The summed E-state index contributed by atoms with van der Waals surface area (Å²) < 4.78 is 0. The lowest BCUT2D eigenvalue weighted by Crippen LogP contribution is -1.70. The summed E-state index contributed by atoms with van der Waals surface area (Å²) in [6, 6.07) is 2.02. The maximum Gasteiger partial charge on any atom is 0.0404 e. The van der Waals surface area contributed by atoms with Gasteiger partial charge < -0.3 is 4.98 Å². The van der Waals surface area contributed by atoms with Gasteiger partial charge in [0, 0.05) is 11.9 Å². The zero-order chi connectivity index (χ0) is 7.98. The van der Waals surface area contributed by atoms with Crippen molar-refractivity contribution >= 4 is 6.08 Å². The van der Waals surface area contributed by atoms with Gasteiger partial charge in [-0.3, -0.25) is 0 Å². The number of aromatic nitrogens is 1. The van der Waals surface area contributed by atoms with Crippen LogP contribution < -0.4 is 0 Å². The molecule has 0 atom stereocenters. The molecule has 0 aromatic carbocycles. The maximum absolute atomic E-state index is 3.63. The molecule has 54 valence electrons. The summed E-state index contributed by atoms with van der Waals surface area (Å²) in [5.41, 5.74) is 2.37. The molecule has 0 aliphatic rings. The highest BCUT2D eigenvalue weighted by Crippen LogP contribution is 2.03. The van der Waals surface area contributed by atoms with Crippen LogP contribution in [0, 0.1) is 6.92 Å². The number of hydrogen-bond donors (Lipinski definition) is 1. The quantitative estimate of drug-likeness (QED) is 0.570. The minimum absolute atomic E-state index is 1.12. The second-order valence-corrected chi connectivity index (χ2v) is 1.78. The van der Waals surface area contributed by atoms with Gasteiger partial charge >= 0.3 is 0 Å². The first kappa shape index (κ1) is 8.76. The van der Waals surface area contributed by atoms with Gasteiger partial charge in [0.1, 0.15) is 0 Å². The predicted octanol–water partition coefficient (Wildman–Crippen LogP) is 2.77. The summed E-state index contributed by atoms with van der Waals surface area (Å²) in [6.45, 7) is 11.7. The van der Waals surface area contributed by atoms with Gasteiger partial charge in [0.05, 0.1) is 0 Å². The smallest absolute Gasteiger partial charge is 0.0404 e. The molecule has 0 aliphatic carbocycles. The number of aryl methyl sites for hydroxylation is 1. The third-order valence-corrected chi connectivity index (χ3v) is 1.20. The van der Waals surface area contributed by atoms with E-state index >= 15 is 0 Å². The van der Waals surface area contributed by atoms with Gasteiger partial charge in [-0.1, -0.05) is 6.58 Å². The summed E-state index contributed by atoms with van der Waals surface area (Å²) in [6.07, 6.45) is 3.72. The van der Waals surface area contributed by atoms with Crippen molar-refractivity contribution in [1.29, 1.82) is 0 Å². The Kier molecular flexibility index (Phi) is 4.05. The lowest BCUT2D eigenvalue weighted by Gasteiger charge is -1.84. The van der Waals surface area contributed by atoms with Crippen LogP contribution in [0.3, 0.4) is 0 Å². The Morgan fingerprint density at radius 2 is 2.10 bits per heavy atom. The van der Waals surface area contributed by atoms with Crippen LogP contribution >= 0.6 is 0 Å². The van der Waals surface area contributed by atoms with Gasteiger partial charge in [-0.05, 0) is 24.6 Å². The number of rotatable bonds is 1. The van der Waals surface area contributed by atoms with E-state index in [4.69, 9.17) is 0 Å². The van der Waals surface area contributed by atoms with Gasteiger partial charge in [-0.25, -0.2) is 0 Å². The Morgan fingerprint density at radius 1 is 1.50 bits per heavy atom. The molecule has 0 spiro atoms. The molecule has 1 N–H and O–H groups in total. The largest absolute Gasteiger partial charge is 0.361 e. The molecule has 0 saturated carbocycles. The van der Waals surface area contributed by atoms with Crippen LogP contribution in [-0.2, 0) is 0 Å². The first-order chi connectivity index (χ1) is 4.84. The SMILES string of the molecule is C=C.C=Cc1[nH]ccc1C. The molecule has 0 bridgehead atoms. The molecule has 1 nitrogen and oxygen atoms in total. The third-order valence-electron chi connectivity index (χ3n) is 1.20. The van der Waals surface area contributed by atoms with Crippen molar-refractivity contribution in [1.82, 2.24) is 4.98 Å². The minimum atomic E-state index is 1.12. The van der Waals surface area contributed by atoms with E-state index in [2.05, 4.69) is 24.7 Å². The van der Waals surface area contributed by atoms with Crippen LogP contribution in [-0.4, -0.2) is 4.98 Å². The molecule has 1 heteroatoms. The molecule has 1 aromatic heterocycles. The fourth-order valence-electron chi connectivity index (χ4n) is 0.680. The molecule has 0 saturated heterocycles. The summed E-state index contributed by atoms with van der Waals surface area (Å²) >= 11 is 0. The minimum Gasteiger partial charge on any atom is -0.361 e. The third kappa shape index (κ3) is 1.94. The molecule has 10 heavy (non-hydrogen) atoms. The van der Waals surface area contributed by atoms with Crippen LogP contribution in [0.2, 0.25) is 0 Å². The van der Waals surface area contributed by atoms with Crippen LogP contribution in [0.1, 0.15) is 11.3 Å². The van der Waals surface area contributed by atoms with Crippen molar-refractivity contribution in [2.45, 2.75) is 6.92 Å². The van der Waals surface area contributed by atoms with Gasteiger partial charge in [0.15, 0.2) is 0 Å². The highest BCUT2D eigenvalue weighted by atomic mass is 14.7. The number of aromatic amines is 1. The zero-order valence-electron chi connectivity index (χ0n) is 6.35. The molecule has 0 amide bonds. The standard InChI is InChI=1S/C7H9N.C2H4/c1-3-7-6(2)4-5-8-7;1-2/h3-5,8H,1H2,2H3;1-2H2. The van der Waals surface area contributed by atoms with E-state index < -0.39 is 0 Å². The van der Waals surface area contributed by atoms with E-state index in [1.54, 1.807) is 0 Å². The van der Waals surface area contributed by atoms with E-state index in [1.807, 2.05) is 25.3 Å². The molecular formula is C9H13N. The van der Waals surface area contributed by atoms with E-state index in [0.717, 1.165) is 5.69 Å². The first-order valence-electron chi connectivity index (χ1n) is 3.11. The van der Waals surface area contributed by atoms with E-state index in [9.17, 15) is 0 Å². The number of H-pyrrole nitrogens is 1. The lowest BCUT2D eigenvalue weighted by molar-refractivity contribution is 1.35. The summed E-state index contributed by atoms with van der Waals surface area (Å²) in [7, 11) is 0. The highest BCUT2D eigenvalue weighted by Gasteiger charge is 1.88. The average Bonchev–Trinajstić information content (AvgIpc) is 2.39. The van der Waals surface area contributed by atoms with Crippen molar-refractivity contribution in [2.24, 2.45) is 0 Å². The Labute approximate surface area is 62.1 Å². The van der Waals surface area contributed by atoms with Crippen molar-refractivity contribution in [3.05, 3.63) is 43.3 Å². The normalized spacial score (nSPS) is 7.70. The average molecular weight is 135 g/mol. The van der Waals surface area contributed by atoms with Crippen molar-refractivity contribution < 1.29 is 0 Å². The van der Waals surface area contributed by atoms with Gasteiger partial charge in [0.25, 0.3) is 0 Å².